The summed E-state index contributed by atoms with van der Waals surface area (Å²) in [6.07, 6.45) is 4.41. The van der Waals surface area contributed by atoms with Gasteiger partial charge in [-0.05, 0) is 31.0 Å². The van der Waals surface area contributed by atoms with E-state index in [1.807, 2.05) is 60.4 Å². The van der Waals surface area contributed by atoms with Crippen LogP contribution >= 0.6 is 11.8 Å². The van der Waals surface area contributed by atoms with Crippen molar-refractivity contribution in [1.82, 2.24) is 4.98 Å². The third-order valence-corrected chi connectivity index (χ3v) is 4.69. The van der Waals surface area contributed by atoms with Gasteiger partial charge in [0, 0.05) is 34.0 Å². The van der Waals surface area contributed by atoms with Crippen LogP contribution in [0.2, 0.25) is 0 Å². The quantitative estimate of drug-likeness (QED) is 0.849. The lowest BCUT2D eigenvalue weighted by Crippen LogP contribution is -2.18. The zero-order valence-electron chi connectivity index (χ0n) is 10.6. The number of fused-ring (bicyclic) bond motifs is 1. The zero-order valence-corrected chi connectivity index (χ0v) is 11.4. The van der Waals surface area contributed by atoms with E-state index in [1.54, 1.807) is 0 Å². The van der Waals surface area contributed by atoms with Crippen LogP contribution in [0, 0.1) is 0 Å². The van der Waals surface area contributed by atoms with Crippen LogP contribution in [0.1, 0.15) is 28.9 Å². The molecule has 0 spiro atoms. The van der Waals surface area contributed by atoms with Crippen LogP contribution in [0.25, 0.3) is 0 Å². The summed E-state index contributed by atoms with van der Waals surface area (Å²) < 4.78 is 0. The molecule has 1 aliphatic heterocycles. The van der Waals surface area contributed by atoms with Crippen molar-refractivity contribution >= 4 is 17.5 Å². The molecule has 0 radical (unpaired) electrons. The fourth-order valence-electron chi connectivity index (χ4n) is 2.35. The maximum atomic E-state index is 12.1. The molecule has 2 nitrogen and oxygen atoms in total. The van der Waals surface area contributed by atoms with E-state index < -0.39 is 0 Å². The SMILES string of the molecule is O=C1C[C@@H](CCc2ccccn2)Sc2ccccc21. The van der Waals surface area contributed by atoms with Gasteiger partial charge in [-0.1, -0.05) is 24.3 Å². The van der Waals surface area contributed by atoms with Gasteiger partial charge in [0.15, 0.2) is 5.78 Å². The van der Waals surface area contributed by atoms with E-state index in [4.69, 9.17) is 0 Å². The lowest BCUT2D eigenvalue weighted by molar-refractivity contribution is 0.0976. The minimum atomic E-state index is 0.278. The van der Waals surface area contributed by atoms with Gasteiger partial charge in [-0.15, -0.1) is 11.8 Å². The molecule has 3 rings (SSSR count). The Labute approximate surface area is 117 Å². The van der Waals surface area contributed by atoms with Gasteiger partial charge < -0.3 is 0 Å². The summed E-state index contributed by atoms with van der Waals surface area (Å²) in [5, 5.41) is 0.379. The smallest absolute Gasteiger partial charge is 0.165 e. The first kappa shape index (κ1) is 12.4. The molecule has 3 heteroatoms. The number of Topliss-reactive ketones (excluding diaryl/α,β-unsaturated/α-hetero) is 1. The molecular formula is C16H15NOS. The molecule has 0 bridgehead atoms. The summed E-state index contributed by atoms with van der Waals surface area (Å²) in [7, 11) is 0. The number of nitrogens with zero attached hydrogens (tertiary/aromatic N) is 1. The Hall–Kier alpha value is -1.61. The normalized spacial score (nSPS) is 18.1. The van der Waals surface area contributed by atoms with E-state index in [0.29, 0.717) is 11.7 Å². The average Bonchev–Trinajstić information content (AvgIpc) is 2.46. The highest BCUT2D eigenvalue weighted by Gasteiger charge is 2.25. The average molecular weight is 269 g/mol. The molecule has 1 aromatic carbocycles. The topological polar surface area (TPSA) is 30.0 Å². The number of aromatic nitrogens is 1. The van der Waals surface area contributed by atoms with Crippen molar-refractivity contribution < 1.29 is 4.79 Å². The Morgan fingerprint density at radius 3 is 2.84 bits per heavy atom. The fourth-order valence-corrected chi connectivity index (χ4v) is 3.65. The largest absolute Gasteiger partial charge is 0.294 e. The van der Waals surface area contributed by atoms with E-state index >= 15 is 0 Å². The van der Waals surface area contributed by atoms with Crippen molar-refractivity contribution in [3.05, 3.63) is 59.9 Å². The molecule has 1 aromatic heterocycles. The number of rotatable bonds is 3. The maximum absolute atomic E-state index is 12.1. The number of ketones is 1. The minimum absolute atomic E-state index is 0.278. The second-order valence-electron chi connectivity index (χ2n) is 4.72. The van der Waals surface area contributed by atoms with Gasteiger partial charge in [-0.3, -0.25) is 9.78 Å². The van der Waals surface area contributed by atoms with Crippen molar-refractivity contribution in [2.45, 2.75) is 29.4 Å². The van der Waals surface area contributed by atoms with Crippen LogP contribution < -0.4 is 0 Å². The van der Waals surface area contributed by atoms with Crippen LogP contribution in [0.4, 0.5) is 0 Å². The van der Waals surface area contributed by atoms with E-state index in [0.717, 1.165) is 29.0 Å². The molecule has 19 heavy (non-hydrogen) atoms. The number of pyridine rings is 1. The number of benzene rings is 1. The summed E-state index contributed by atoms with van der Waals surface area (Å²) in [6, 6.07) is 13.9. The van der Waals surface area contributed by atoms with Gasteiger partial charge in [0.1, 0.15) is 0 Å². The number of hydrogen-bond donors (Lipinski definition) is 0. The van der Waals surface area contributed by atoms with Gasteiger partial charge in [-0.2, -0.15) is 0 Å². The van der Waals surface area contributed by atoms with Crippen LogP contribution in [0.15, 0.2) is 53.6 Å². The lowest BCUT2D eigenvalue weighted by Gasteiger charge is -2.22. The predicted molar refractivity (Wildman–Crippen MR) is 77.6 cm³/mol. The molecule has 96 valence electrons. The highest BCUT2D eigenvalue weighted by atomic mass is 32.2. The third kappa shape index (κ3) is 2.87. The first-order chi connectivity index (χ1) is 9.33. The Morgan fingerprint density at radius 2 is 2.00 bits per heavy atom. The van der Waals surface area contributed by atoms with E-state index in [-0.39, 0.29) is 5.78 Å². The summed E-state index contributed by atoms with van der Waals surface area (Å²) in [5.74, 6) is 0.278. The number of aryl methyl sites for hydroxylation is 1. The highest BCUT2D eigenvalue weighted by Crippen LogP contribution is 2.36. The van der Waals surface area contributed by atoms with E-state index in [9.17, 15) is 4.79 Å². The summed E-state index contributed by atoms with van der Waals surface area (Å²) >= 11 is 1.83. The number of carbonyl (C=O) groups excluding carboxylic acids is 1. The van der Waals surface area contributed by atoms with Crippen molar-refractivity contribution in [3.8, 4) is 0 Å². The lowest BCUT2D eigenvalue weighted by atomic mass is 10.0. The van der Waals surface area contributed by atoms with Gasteiger partial charge in [-0.25, -0.2) is 0 Å². The third-order valence-electron chi connectivity index (χ3n) is 3.34. The molecule has 1 aliphatic rings. The second kappa shape index (κ2) is 5.57. The number of hydrogen-bond acceptors (Lipinski definition) is 3. The van der Waals surface area contributed by atoms with Crippen LogP contribution in [0.3, 0.4) is 0 Å². The monoisotopic (exact) mass is 269 g/mol. The molecule has 2 aromatic rings. The molecule has 0 fully saturated rings. The summed E-state index contributed by atoms with van der Waals surface area (Å²) in [5.41, 5.74) is 2.00. The Morgan fingerprint density at radius 1 is 1.16 bits per heavy atom. The fraction of sp³-hybridized carbons (Fsp3) is 0.250. The maximum Gasteiger partial charge on any atom is 0.165 e. The first-order valence-corrected chi connectivity index (χ1v) is 7.40. The van der Waals surface area contributed by atoms with Gasteiger partial charge in [0.05, 0.1) is 0 Å². The molecule has 0 saturated heterocycles. The van der Waals surface area contributed by atoms with Crippen LogP contribution in [-0.2, 0) is 6.42 Å². The molecule has 2 heterocycles. The van der Waals surface area contributed by atoms with E-state index in [2.05, 4.69) is 4.98 Å². The zero-order chi connectivity index (χ0) is 13.1. The van der Waals surface area contributed by atoms with Crippen molar-refractivity contribution in [2.75, 3.05) is 0 Å². The summed E-state index contributed by atoms with van der Waals surface area (Å²) in [6.45, 7) is 0. The Balaban J connectivity index is 1.67. The molecule has 0 amide bonds. The molecule has 0 aliphatic carbocycles. The number of carbonyl (C=O) groups is 1. The molecule has 1 atom stereocenters. The van der Waals surface area contributed by atoms with Crippen molar-refractivity contribution in [2.24, 2.45) is 0 Å². The Kier molecular flexibility index (Phi) is 3.65. The van der Waals surface area contributed by atoms with Crippen LogP contribution in [-0.4, -0.2) is 16.0 Å². The second-order valence-corrected chi connectivity index (χ2v) is 6.07. The standard InChI is InChI=1S/C16H15NOS/c18-15-11-13(9-8-12-5-3-4-10-17-12)19-16-7-2-1-6-14(15)16/h1-7,10,13H,8-9,11H2/t13-/m1/s1. The van der Waals surface area contributed by atoms with Crippen molar-refractivity contribution in [1.29, 1.82) is 0 Å². The minimum Gasteiger partial charge on any atom is -0.294 e. The van der Waals surface area contributed by atoms with Gasteiger partial charge in [0.25, 0.3) is 0 Å². The summed E-state index contributed by atoms with van der Waals surface area (Å²) in [4.78, 5) is 17.5. The molecule has 0 unspecified atom stereocenters. The molecule has 0 N–H and O–H groups in total. The molecular weight excluding hydrogens is 254 g/mol. The van der Waals surface area contributed by atoms with Crippen molar-refractivity contribution in [3.63, 3.8) is 0 Å². The first-order valence-electron chi connectivity index (χ1n) is 6.52. The number of thioether (sulfide) groups is 1. The van der Waals surface area contributed by atoms with Gasteiger partial charge >= 0.3 is 0 Å². The molecule has 0 saturated carbocycles. The van der Waals surface area contributed by atoms with Gasteiger partial charge in [0.2, 0.25) is 0 Å². The Bertz CT molecular complexity index is 582. The predicted octanol–water partition coefficient (Wildman–Crippen LogP) is 3.76. The van der Waals surface area contributed by atoms with Crippen LogP contribution in [0.5, 0.6) is 0 Å². The van der Waals surface area contributed by atoms with E-state index in [1.165, 1.54) is 0 Å². The highest BCUT2D eigenvalue weighted by molar-refractivity contribution is 8.00.